The fraction of sp³-hybridized carbons (Fsp3) is 0.0500. The van der Waals surface area contributed by atoms with Gasteiger partial charge in [-0.25, -0.2) is 13.7 Å². The van der Waals surface area contributed by atoms with Crippen molar-refractivity contribution in [1.29, 1.82) is 0 Å². The Balaban J connectivity index is 1.49. The number of nitrogens with zero attached hydrogens (tertiary/aromatic N) is 5. The first-order chi connectivity index (χ1) is 16.7. The molecule has 4 aromatic rings. The van der Waals surface area contributed by atoms with Crippen molar-refractivity contribution in [3.8, 4) is 5.69 Å². The first-order valence-corrected chi connectivity index (χ1v) is 10.3. The van der Waals surface area contributed by atoms with Crippen LogP contribution in [0.25, 0.3) is 5.69 Å². The number of hydrogen-bond donors (Lipinski definition) is 2. The molecule has 4 rings (SSSR count). The molecule has 0 aliphatic carbocycles. The maximum Gasteiger partial charge on any atom is 0.434 e. The van der Waals surface area contributed by atoms with Crippen molar-refractivity contribution >= 4 is 39.6 Å². The third-order valence-corrected chi connectivity index (χ3v) is 4.95. The molecule has 2 aromatic carbocycles. The van der Waals surface area contributed by atoms with Crippen LogP contribution < -0.4 is 10.8 Å². The number of para-hydroxylation sites is 1. The van der Waals surface area contributed by atoms with Crippen molar-refractivity contribution in [3.63, 3.8) is 0 Å². The molecule has 0 fully saturated rings. The Morgan fingerprint density at radius 2 is 1.94 bits per heavy atom. The van der Waals surface area contributed by atoms with E-state index in [-0.39, 0.29) is 21.7 Å². The molecule has 0 aliphatic heterocycles. The molecule has 0 saturated carbocycles. The molecule has 1 amide bonds. The SMILES string of the molecule is O=C(Nc1nonc1/C=N/ONc1ccc(F)c(Br)c1)c1cnn(-c2ccccc2)c1C(F)(F)F. The monoisotopic (exact) mass is 553 g/mol. The van der Waals surface area contributed by atoms with Gasteiger partial charge in [-0.15, -0.1) is 0 Å². The summed E-state index contributed by atoms with van der Waals surface area (Å²) in [4.78, 5) is 17.5. The molecule has 0 saturated heterocycles. The van der Waals surface area contributed by atoms with E-state index >= 15 is 0 Å². The number of alkyl halides is 3. The van der Waals surface area contributed by atoms with Crippen molar-refractivity contribution in [1.82, 2.24) is 20.1 Å². The molecule has 10 nitrogen and oxygen atoms in total. The molecule has 15 heteroatoms. The van der Waals surface area contributed by atoms with Crippen LogP contribution in [0.5, 0.6) is 0 Å². The van der Waals surface area contributed by atoms with E-state index < -0.39 is 29.2 Å². The van der Waals surface area contributed by atoms with Gasteiger partial charge < -0.3 is 5.32 Å². The number of rotatable bonds is 7. The van der Waals surface area contributed by atoms with Gasteiger partial charge >= 0.3 is 6.18 Å². The second-order valence-corrected chi connectivity index (χ2v) is 7.52. The summed E-state index contributed by atoms with van der Waals surface area (Å²) in [6.45, 7) is 0. The van der Waals surface area contributed by atoms with Crippen molar-refractivity contribution < 1.29 is 31.9 Å². The maximum absolute atomic E-state index is 13.8. The first kappa shape index (κ1) is 23.9. The lowest BCUT2D eigenvalue weighted by atomic mass is 10.2. The predicted molar refractivity (Wildman–Crippen MR) is 117 cm³/mol. The number of halogens is 5. The van der Waals surface area contributed by atoms with Crippen LogP contribution in [-0.4, -0.2) is 32.2 Å². The summed E-state index contributed by atoms with van der Waals surface area (Å²) >= 11 is 3.01. The summed E-state index contributed by atoms with van der Waals surface area (Å²) < 4.78 is 59.9. The van der Waals surface area contributed by atoms with Crippen LogP contribution in [0.15, 0.2) is 69.0 Å². The Kier molecular flexibility index (Phi) is 6.77. The van der Waals surface area contributed by atoms with Crippen LogP contribution in [-0.2, 0) is 11.1 Å². The number of oxime groups is 1. The van der Waals surface area contributed by atoms with Crippen LogP contribution in [0.4, 0.5) is 29.1 Å². The van der Waals surface area contributed by atoms with Gasteiger partial charge in [0.2, 0.25) is 5.82 Å². The van der Waals surface area contributed by atoms with Crippen molar-refractivity contribution in [2.24, 2.45) is 5.16 Å². The van der Waals surface area contributed by atoms with Crippen molar-refractivity contribution in [2.75, 3.05) is 10.8 Å². The third-order valence-electron chi connectivity index (χ3n) is 4.34. The van der Waals surface area contributed by atoms with E-state index in [0.29, 0.717) is 10.4 Å². The normalized spacial score (nSPS) is 11.6. The molecular formula is C20H12BrF4N7O3. The van der Waals surface area contributed by atoms with Gasteiger partial charge in [-0.3, -0.25) is 9.73 Å². The highest BCUT2D eigenvalue weighted by Gasteiger charge is 2.40. The minimum Gasteiger partial charge on any atom is -0.302 e. The number of hydrogen-bond acceptors (Lipinski definition) is 8. The average molecular weight is 554 g/mol. The smallest absolute Gasteiger partial charge is 0.302 e. The molecule has 0 aliphatic rings. The van der Waals surface area contributed by atoms with Crippen LogP contribution >= 0.6 is 15.9 Å². The standard InChI is InChI=1S/C20H12BrF4N7O3/c21-14-8-11(6-7-15(14)22)29-34-27-10-16-18(31-35-30-16)28-19(33)13-9-26-32(17(13)20(23,24)25)12-4-2-1-3-5-12/h1-10,29H,(H,28,31,33)/b27-10+. The van der Waals surface area contributed by atoms with E-state index in [1.807, 2.05) is 0 Å². The van der Waals surface area contributed by atoms with Gasteiger partial charge in [0.15, 0.2) is 11.4 Å². The van der Waals surface area contributed by atoms with E-state index in [9.17, 15) is 22.4 Å². The molecular weight excluding hydrogens is 542 g/mol. The summed E-state index contributed by atoms with van der Waals surface area (Å²) in [5.41, 5.74) is 0.719. The Hall–Kier alpha value is -4.27. The Bertz CT molecular complexity index is 1370. The molecule has 180 valence electrons. The number of aromatic nitrogens is 4. The quantitative estimate of drug-likeness (QED) is 0.191. The van der Waals surface area contributed by atoms with E-state index in [2.05, 4.69) is 51.9 Å². The zero-order chi connectivity index (χ0) is 25.0. The Morgan fingerprint density at radius 3 is 2.66 bits per heavy atom. The lowest BCUT2D eigenvalue weighted by Crippen LogP contribution is -2.21. The van der Waals surface area contributed by atoms with E-state index in [1.54, 1.807) is 6.07 Å². The fourth-order valence-corrected chi connectivity index (χ4v) is 3.19. The summed E-state index contributed by atoms with van der Waals surface area (Å²) in [7, 11) is 0. The molecule has 0 atom stereocenters. The van der Waals surface area contributed by atoms with Gasteiger partial charge in [0.05, 0.1) is 27.6 Å². The predicted octanol–water partition coefficient (Wildman–Crippen LogP) is 4.81. The van der Waals surface area contributed by atoms with Gasteiger partial charge in [0.25, 0.3) is 5.91 Å². The number of carbonyl (C=O) groups is 1. The fourth-order valence-electron chi connectivity index (χ4n) is 2.81. The molecule has 2 aromatic heterocycles. The van der Waals surface area contributed by atoms with Crippen LogP contribution in [0.3, 0.4) is 0 Å². The van der Waals surface area contributed by atoms with E-state index in [0.717, 1.165) is 12.4 Å². The highest BCUT2D eigenvalue weighted by molar-refractivity contribution is 9.10. The molecule has 2 N–H and O–H groups in total. The lowest BCUT2D eigenvalue weighted by Gasteiger charge is -2.12. The van der Waals surface area contributed by atoms with Crippen molar-refractivity contribution in [2.45, 2.75) is 6.18 Å². The average Bonchev–Trinajstić information content (AvgIpc) is 3.47. The van der Waals surface area contributed by atoms with Gasteiger partial charge in [-0.05, 0) is 56.6 Å². The second-order valence-electron chi connectivity index (χ2n) is 6.66. The molecule has 2 heterocycles. The Morgan fingerprint density at radius 1 is 1.17 bits per heavy atom. The van der Waals surface area contributed by atoms with E-state index in [1.165, 1.54) is 42.5 Å². The highest BCUT2D eigenvalue weighted by atomic mass is 79.9. The summed E-state index contributed by atoms with van der Waals surface area (Å²) in [6, 6.07) is 11.5. The summed E-state index contributed by atoms with van der Waals surface area (Å²) in [5, 5.41) is 16.4. The minimum atomic E-state index is -4.89. The summed E-state index contributed by atoms with van der Waals surface area (Å²) in [5.74, 6) is -1.94. The van der Waals surface area contributed by atoms with Crippen LogP contribution in [0.1, 0.15) is 21.7 Å². The molecule has 0 bridgehead atoms. The largest absolute Gasteiger partial charge is 0.434 e. The van der Waals surface area contributed by atoms with Crippen LogP contribution in [0.2, 0.25) is 0 Å². The highest BCUT2D eigenvalue weighted by Crippen LogP contribution is 2.34. The number of anilines is 2. The van der Waals surface area contributed by atoms with Crippen LogP contribution in [0, 0.1) is 5.82 Å². The molecule has 0 spiro atoms. The lowest BCUT2D eigenvalue weighted by molar-refractivity contribution is -0.143. The second kappa shape index (κ2) is 9.92. The number of nitrogens with one attached hydrogen (secondary N) is 2. The molecule has 35 heavy (non-hydrogen) atoms. The van der Waals surface area contributed by atoms with Gasteiger partial charge in [-0.1, -0.05) is 23.4 Å². The number of amides is 1. The van der Waals surface area contributed by atoms with E-state index in [4.69, 9.17) is 4.94 Å². The molecule has 0 unspecified atom stereocenters. The maximum atomic E-state index is 13.8. The zero-order valence-electron chi connectivity index (χ0n) is 17.1. The van der Waals surface area contributed by atoms with Gasteiger partial charge in [-0.2, -0.15) is 23.8 Å². The number of benzene rings is 2. The third kappa shape index (κ3) is 5.46. The first-order valence-electron chi connectivity index (χ1n) is 9.49. The summed E-state index contributed by atoms with van der Waals surface area (Å²) in [6.07, 6.45) is -3.11. The van der Waals surface area contributed by atoms with Crippen molar-refractivity contribution in [3.05, 3.63) is 82.0 Å². The number of carbonyl (C=O) groups excluding carboxylic acids is 1. The zero-order valence-corrected chi connectivity index (χ0v) is 18.7. The topological polar surface area (TPSA) is 119 Å². The molecule has 0 radical (unpaired) electrons. The minimum absolute atomic E-state index is 0.118. The van der Waals surface area contributed by atoms with Gasteiger partial charge in [0, 0.05) is 0 Å². The van der Waals surface area contributed by atoms with Gasteiger partial charge in [0.1, 0.15) is 12.0 Å². The Labute approximate surface area is 201 Å².